The summed E-state index contributed by atoms with van der Waals surface area (Å²) >= 11 is 0. The van der Waals surface area contributed by atoms with E-state index in [0.29, 0.717) is 23.2 Å². The van der Waals surface area contributed by atoms with Crippen LogP contribution in [0.1, 0.15) is 13.8 Å². The van der Waals surface area contributed by atoms with E-state index in [-0.39, 0.29) is 12.1 Å². The fraction of sp³-hybridized carbons (Fsp3) is 0.211. The molecule has 3 aromatic rings. The van der Waals surface area contributed by atoms with Crippen molar-refractivity contribution in [2.45, 2.75) is 19.9 Å². The Morgan fingerprint density at radius 1 is 1.15 bits per heavy atom. The number of anilines is 1. The molecule has 0 aliphatic carbocycles. The van der Waals surface area contributed by atoms with E-state index in [1.807, 2.05) is 50.2 Å². The maximum atomic E-state index is 11.8. The molecule has 0 aliphatic rings. The molecule has 134 valence electrons. The summed E-state index contributed by atoms with van der Waals surface area (Å²) in [6, 6.07) is 14.5. The lowest BCUT2D eigenvalue weighted by Gasteiger charge is -2.10. The summed E-state index contributed by atoms with van der Waals surface area (Å²) in [6.07, 6.45) is 0. The topological polar surface area (TPSA) is 89.3 Å². The summed E-state index contributed by atoms with van der Waals surface area (Å²) in [4.78, 5) is 16.3. The number of nitrogens with zero attached hydrogens (tertiary/aromatic N) is 2. The van der Waals surface area contributed by atoms with Crippen LogP contribution < -0.4 is 15.4 Å². The van der Waals surface area contributed by atoms with E-state index in [1.54, 1.807) is 19.2 Å². The van der Waals surface area contributed by atoms with Gasteiger partial charge in [0.15, 0.2) is 0 Å². The number of aromatic nitrogens is 2. The third kappa shape index (κ3) is 4.00. The Kier molecular flexibility index (Phi) is 5.17. The first-order valence-corrected chi connectivity index (χ1v) is 8.22. The average molecular weight is 352 g/mol. The number of nitrogens with one attached hydrogen (secondary N) is 2. The van der Waals surface area contributed by atoms with Gasteiger partial charge in [0.25, 0.3) is 5.89 Å². The van der Waals surface area contributed by atoms with Crippen LogP contribution in [0.2, 0.25) is 0 Å². The summed E-state index contributed by atoms with van der Waals surface area (Å²) in [5.41, 5.74) is 2.10. The van der Waals surface area contributed by atoms with Gasteiger partial charge in [-0.2, -0.15) is 4.98 Å². The molecule has 7 heteroatoms. The zero-order valence-corrected chi connectivity index (χ0v) is 14.8. The van der Waals surface area contributed by atoms with E-state index < -0.39 is 0 Å². The molecule has 0 radical (unpaired) electrons. The predicted octanol–water partition coefficient (Wildman–Crippen LogP) is 3.94. The number of carbonyl (C=O) groups excluding carboxylic acids is 1. The minimum absolute atomic E-state index is 0.0544. The van der Waals surface area contributed by atoms with Crippen LogP contribution in [0.15, 0.2) is 53.1 Å². The van der Waals surface area contributed by atoms with Crippen molar-refractivity contribution >= 4 is 11.7 Å². The highest BCUT2D eigenvalue weighted by Crippen LogP contribution is 2.30. The number of rotatable bonds is 5. The largest absolute Gasteiger partial charge is 0.496 e. The first-order valence-electron chi connectivity index (χ1n) is 8.22. The molecule has 2 amide bonds. The Morgan fingerprint density at radius 3 is 2.73 bits per heavy atom. The summed E-state index contributed by atoms with van der Waals surface area (Å²) in [7, 11) is 1.59. The van der Waals surface area contributed by atoms with Gasteiger partial charge in [-0.05, 0) is 38.1 Å². The first-order chi connectivity index (χ1) is 12.6. The number of benzene rings is 2. The summed E-state index contributed by atoms with van der Waals surface area (Å²) in [5, 5.41) is 9.60. The van der Waals surface area contributed by atoms with Crippen molar-refractivity contribution in [2.75, 3.05) is 12.4 Å². The third-order valence-corrected chi connectivity index (χ3v) is 3.56. The third-order valence-electron chi connectivity index (χ3n) is 3.56. The molecule has 0 aliphatic heterocycles. The van der Waals surface area contributed by atoms with Crippen molar-refractivity contribution in [2.24, 2.45) is 0 Å². The van der Waals surface area contributed by atoms with Crippen LogP contribution in [0.25, 0.3) is 22.8 Å². The predicted molar refractivity (Wildman–Crippen MR) is 99.0 cm³/mol. The Bertz CT molecular complexity index is 905. The van der Waals surface area contributed by atoms with E-state index in [2.05, 4.69) is 20.8 Å². The molecule has 26 heavy (non-hydrogen) atoms. The molecular weight excluding hydrogens is 332 g/mol. The molecule has 0 unspecified atom stereocenters. The second kappa shape index (κ2) is 7.69. The van der Waals surface area contributed by atoms with E-state index in [0.717, 1.165) is 11.1 Å². The van der Waals surface area contributed by atoms with Crippen LogP contribution in [-0.2, 0) is 0 Å². The molecule has 2 aromatic carbocycles. The van der Waals surface area contributed by atoms with Crippen molar-refractivity contribution in [3.05, 3.63) is 48.5 Å². The fourth-order valence-electron chi connectivity index (χ4n) is 2.44. The minimum atomic E-state index is -0.264. The van der Waals surface area contributed by atoms with Gasteiger partial charge in [-0.3, -0.25) is 0 Å². The molecule has 2 N–H and O–H groups in total. The van der Waals surface area contributed by atoms with Gasteiger partial charge < -0.3 is 19.9 Å². The maximum absolute atomic E-state index is 11.8. The molecule has 0 saturated heterocycles. The monoisotopic (exact) mass is 352 g/mol. The van der Waals surface area contributed by atoms with E-state index in [9.17, 15) is 4.79 Å². The number of hydrogen-bond donors (Lipinski definition) is 2. The highest BCUT2D eigenvalue weighted by atomic mass is 16.5. The van der Waals surface area contributed by atoms with Crippen LogP contribution in [0.3, 0.4) is 0 Å². The van der Waals surface area contributed by atoms with Crippen LogP contribution >= 0.6 is 0 Å². The minimum Gasteiger partial charge on any atom is -0.496 e. The van der Waals surface area contributed by atoms with E-state index >= 15 is 0 Å². The molecule has 0 saturated carbocycles. The Balaban J connectivity index is 1.83. The quantitative estimate of drug-likeness (QED) is 0.726. The number of carbonyl (C=O) groups is 1. The summed E-state index contributed by atoms with van der Waals surface area (Å²) < 4.78 is 10.7. The summed E-state index contributed by atoms with van der Waals surface area (Å²) in [6.45, 7) is 3.80. The molecular formula is C19H20N4O3. The van der Waals surface area contributed by atoms with Crippen LogP contribution in [0.4, 0.5) is 10.5 Å². The SMILES string of the molecule is COc1ccccc1-c1nc(-c2cccc(NC(=O)NC(C)C)c2)no1. The normalized spacial score (nSPS) is 10.6. The van der Waals surface area contributed by atoms with Crippen LogP contribution in [-0.4, -0.2) is 29.3 Å². The zero-order chi connectivity index (χ0) is 18.5. The van der Waals surface area contributed by atoms with Gasteiger partial charge >= 0.3 is 6.03 Å². The fourth-order valence-corrected chi connectivity index (χ4v) is 2.44. The van der Waals surface area contributed by atoms with Gasteiger partial charge in [0.1, 0.15) is 5.75 Å². The lowest BCUT2D eigenvalue weighted by molar-refractivity contribution is 0.250. The Hall–Kier alpha value is -3.35. The second-order valence-electron chi connectivity index (χ2n) is 5.96. The molecule has 3 rings (SSSR count). The van der Waals surface area contributed by atoms with Crippen molar-refractivity contribution in [1.82, 2.24) is 15.5 Å². The number of amides is 2. The Morgan fingerprint density at radius 2 is 1.96 bits per heavy atom. The van der Waals surface area contributed by atoms with Crippen molar-refractivity contribution in [3.63, 3.8) is 0 Å². The first kappa shape index (κ1) is 17.5. The van der Waals surface area contributed by atoms with E-state index in [4.69, 9.17) is 9.26 Å². The Labute approximate surface area is 151 Å². The van der Waals surface area contributed by atoms with Gasteiger partial charge in [-0.25, -0.2) is 4.79 Å². The van der Waals surface area contributed by atoms with Crippen LogP contribution in [0, 0.1) is 0 Å². The second-order valence-corrected chi connectivity index (χ2v) is 5.96. The standard InChI is InChI=1S/C19H20N4O3/c1-12(2)20-19(24)21-14-8-6-7-13(11-14)17-22-18(26-23-17)15-9-4-5-10-16(15)25-3/h4-12H,1-3H3,(H2,20,21,24). The molecule has 0 bridgehead atoms. The lowest BCUT2D eigenvalue weighted by Crippen LogP contribution is -2.34. The van der Waals surface area contributed by atoms with E-state index in [1.165, 1.54) is 0 Å². The molecule has 0 spiro atoms. The van der Waals surface area contributed by atoms with Crippen LogP contribution in [0.5, 0.6) is 5.75 Å². The van der Waals surface area contributed by atoms with Gasteiger partial charge in [0, 0.05) is 17.3 Å². The van der Waals surface area contributed by atoms with Gasteiger partial charge in [-0.1, -0.05) is 29.4 Å². The van der Waals surface area contributed by atoms with Crippen molar-refractivity contribution < 1.29 is 14.1 Å². The zero-order valence-electron chi connectivity index (χ0n) is 14.8. The van der Waals surface area contributed by atoms with Gasteiger partial charge in [0.2, 0.25) is 5.82 Å². The molecule has 0 atom stereocenters. The molecule has 7 nitrogen and oxygen atoms in total. The molecule has 0 fully saturated rings. The summed E-state index contributed by atoms with van der Waals surface area (Å²) in [5.74, 6) is 1.45. The number of hydrogen-bond acceptors (Lipinski definition) is 5. The van der Waals surface area contributed by atoms with Crippen molar-refractivity contribution in [3.8, 4) is 28.6 Å². The lowest BCUT2D eigenvalue weighted by atomic mass is 10.2. The van der Waals surface area contributed by atoms with Gasteiger partial charge in [0.05, 0.1) is 12.7 Å². The maximum Gasteiger partial charge on any atom is 0.319 e. The smallest absolute Gasteiger partial charge is 0.319 e. The number of ether oxygens (including phenoxy) is 1. The highest BCUT2D eigenvalue weighted by Gasteiger charge is 2.15. The number of urea groups is 1. The highest BCUT2D eigenvalue weighted by molar-refractivity contribution is 5.90. The van der Waals surface area contributed by atoms with Crippen molar-refractivity contribution in [1.29, 1.82) is 0 Å². The number of methoxy groups -OCH3 is 1. The number of para-hydroxylation sites is 1. The molecule has 1 aromatic heterocycles. The molecule has 1 heterocycles. The van der Waals surface area contributed by atoms with Gasteiger partial charge in [-0.15, -0.1) is 0 Å². The average Bonchev–Trinajstić information content (AvgIpc) is 3.11.